The Bertz CT molecular complexity index is 942. The molecule has 3 aromatic rings. The summed E-state index contributed by atoms with van der Waals surface area (Å²) in [5, 5.41) is 1.11. The van der Waals surface area contributed by atoms with Crippen molar-refractivity contribution in [1.29, 1.82) is 0 Å². The second kappa shape index (κ2) is 7.31. The number of aromatic amines is 1. The Balaban J connectivity index is 1.43. The molecule has 7 nitrogen and oxygen atoms in total. The van der Waals surface area contributed by atoms with Crippen molar-refractivity contribution in [3.05, 3.63) is 42.1 Å². The van der Waals surface area contributed by atoms with Gasteiger partial charge in [0, 0.05) is 50.6 Å². The maximum absolute atomic E-state index is 5.49. The van der Waals surface area contributed by atoms with E-state index in [0.717, 1.165) is 81.0 Å². The third-order valence-electron chi connectivity index (χ3n) is 5.58. The Morgan fingerprint density at radius 2 is 1.57 bits per heavy atom. The van der Waals surface area contributed by atoms with Crippen LogP contribution in [0, 0.1) is 6.92 Å². The normalized spacial score (nSPS) is 18.1. The number of aromatic nitrogens is 3. The lowest BCUT2D eigenvalue weighted by atomic mass is 10.2. The number of hydrogen-bond acceptors (Lipinski definition) is 6. The van der Waals surface area contributed by atoms with Crippen LogP contribution in [0.2, 0.25) is 0 Å². The number of anilines is 3. The first-order valence-corrected chi connectivity index (χ1v) is 10.0. The largest absolute Gasteiger partial charge is 0.378 e. The second-order valence-corrected chi connectivity index (χ2v) is 7.47. The molecule has 28 heavy (non-hydrogen) atoms. The van der Waals surface area contributed by atoms with Crippen LogP contribution in [0.1, 0.15) is 5.69 Å². The number of nitrogens with one attached hydrogen (secondary N) is 1. The van der Waals surface area contributed by atoms with Gasteiger partial charge in [0.05, 0.1) is 18.6 Å². The number of piperazine rings is 1. The number of morpholine rings is 1. The maximum Gasteiger partial charge on any atom is 0.229 e. The highest BCUT2D eigenvalue weighted by Gasteiger charge is 2.23. The Labute approximate surface area is 164 Å². The predicted molar refractivity (Wildman–Crippen MR) is 113 cm³/mol. The summed E-state index contributed by atoms with van der Waals surface area (Å²) in [5.41, 5.74) is 3.34. The summed E-state index contributed by atoms with van der Waals surface area (Å²) in [6.07, 6.45) is 0. The van der Waals surface area contributed by atoms with Crippen molar-refractivity contribution in [2.24, 2.45) is 0 Å². The van der Waals surface area contributed by atoms with Crippen LogP contribution in [0.5, 0.6) is 0 Å². The lowest BCUT2D eigenvalue weighted by Crippen LogP contribution is -2.47. The Morgan fingerprint density at radius 3 is 2.32 bits per heavy atom. The molecule has 0 radical (unpaired) electrons. The van der Waals surface area contributed by atoms with Gasteiger partial charge < -0.3 is 24.4 Å². The molecule has 4 heterocycles. The molecule has 5 rings (SSSR count). The van der Waals surface area contributed by atoms with Crippen molar-refractivity contribution in [1.82, 2.24) is 15.0 Å². The van der Waals surface area contributed by atoms with Gasteiger partial charge in [0.25, 0.3) is 0 Å². The first-order chi connectivity index (χ1) is 13.8. The van der Waals surface area contributed by atoms with Crippen molar-refractivity contribution in [2.75, 3.05) is 67.2 Å². The van der Waals surface area contributed by atoms with Crippen molar-refractivity contribution in [3.8, 4) is 0 Å². The van der Waals surface area contributed by atoms with Gasteiger partial charge in [-0.1, -0.05) is 18.2 Å². The number of para-hydroxylation sites is 1. The average Bonchev–Trinajstić information content (AvgIpc) is 3.14. The zero-order chi connectivity index (χ0) is 18.9. The van der Waals surface area contributed by atoms with Gasteiger partial charge in [0.1, 0.15) is 11.5 Å². The Morgan fingerprint density at radius 1 is 0.857 bits per heavy atom. The predicted octanol–water partition coefficient (Wildman–Crippen LogP) is 2.43. The average molecular weight is 378 g/mol. The molecule has 0 aliphatic carbocycles. The summed E-state index contributed by atoms with van der Waals surface area (Å²) in [6.45, 7) is 9.11. The van der Waals surface area contributed by atoms with E-state index < -0.39 is 0 Å². The monoisotopic (exact) mass is 378 g/mol. The fourth-order valence-electron chi connectivity index (χ4n) is 4.07. The number of benzene rings is 1. The topological polar surface area (TPSA) is 60.5 Å². The first kappa shape index (κ1) is 17.3. The van der Waals surface area contributed by atoms with Crippen molar-refractivity contribution in [3.63, 3.8) is 0 Å². The summed E-state index contributed by atoms with van der Waals surface area (Å²) in [5.74, 6) is 1.85. The van der Waals surface area contributed by atoms with Crippen molar-refractivity contribution in [2.45, 2.75) is 6.92 Å². The van der Waals surface area contributed by atoms with E-state index >= 15 is 0 Å². The molecule has 146 valence electrons. The van der Waals surface area contributed by atoms with Crippen LogP contribution in [-0.2, 0) is 4.74 Å². The van der Waals surface area contributed by atoms with Crippen LogP contribution in [0.4, 0.5) is 17.5 Å². The zero-order valence-corrected chi connectivity index (χ0v) is 16.3. The van der Waals surface area contributed by atoms with Gasteiger partial charge in [-0.3, -0.25) is 0 Å². The third-order valence-corrected chi connectivity index (χ3v) is 5.58. The number of fused-ring (bicyclic) bond motifs is 1. The second-order valence-electron chi connectivity index (χ2n) is 7.47. The first-order valence-electron chi connectivity index (χ1n) is 10.0. The van der Waals surface area contributed by atoms with Gasteiger partial charge >= 0.3 is 0 Å². The SMILES string of the molecule is Cc1cc2c(N3CCN(c4ccccc4)CC3)nc(N3CCOCC3)nc2[nH]1. The van der Waals surface area contributed by atoms with Gasteiger partial charge in [0.15, 0.2) is 0 Å². The van der Waals surface area contributed by atoms with Gasteiger partial charge in [0.2, 0.25) is 5.95 Å². The quantitative estimate of drug-likeness (QED) is 0.755. The van der Waals surface area contributed by atoms with Crippen LogP contribution in [0.25, 0.3) is 11.0 Å². The van der Waals surface area contributed by atoms with E-state index in [-0.39, 0.29) is 0 Å². The van der Waals surface area contributed by atoms with E-state index in [1.807, 2.05) is 0 Å². The smallest absolute Gasteiger partial charge is 0.229 e. The molecule has 2 fully saturated rings. The van der Waals surface area contributed by atoms with Crippen LogP contribution in [0.3, 0.4) is 0 Å². The Hall–Kier alpha value is -2.80. The van der Waals surface area contributed by atoms with E-state index in [2.05, 4.69) is 63.0 Å². The molecule has 1 N–H and O–H groups in total. The van der Waals surface area contributed by atoms with Crippen LogP contribution >= 0.6 is 0 Å². The highest BCUT2D eigenvalue weighted by molar-refractivity contribution is 5.89. The lowest BCUT2D eigenvalue weighted by Gasteiger charge is -2.37. The summed E-state index contributed by atoms with van der Waals surface area (Å²) in [7, 11) is 0. The summed E-state index contributed by atoms with van der Waals surface area (Å²) >= 11 is 0. The summed E-state index contributed by atoms with van der Waals surface area (Å²) in [6, 6.07) is 12.8. The third kappa shape index (κ3) is 3.26. The molecular weight excluding hydrogens is 352 g/mol. The minimum Gasteiger partial charge on any atom is -0.378 e. The zero-order valence-electron chi connectivity index (χ0n) is 16.3. The maximum atomic E-state index is 5.49. The molecule has 0 saturated carbocycles. The minimum atomic E-state index is 0.732. The highest BCUT2D eigenvalue weighted by Crippen LogP contribution is 2.29. The molecule has 0 unspecified atom stereocenters. The van der Waals surface area contributed by atoms with Crippen LogP contribution < -0.4 is 14.7 Å². The standard InChI is InChI=1S/C21H26N6O/c1-16-15-18-19(22-16)23-21(27-11-13-28-14-12-27)24-20(18)26-9-7-25(8-10-26)17-5-3-2-4-6-17/h2-6,15H,7-14H2,1H3,(H,22,23,24). The number of ether oxygens (including phenoxy) is 1. The number of H-pyrrole nitrogens is 1. The number of nitrogens with zero attached hydrogens (tertiary/aromatic N) is 5. The van der Waals surface area contributed by atoms with Crippen molar-refractivity contribution >= 4 is 28.5 Å². The van der Waals surface area contributed by atoms with Crippen LogP contribution in [0.15, 0.2) is 36.4 Å². The van der Waals surface area contributed by atoms with Gasteiger partial charge in [-0.25, -0.2) is 0 Å². The number of rotatable bonds is 3. The molecule has 0 atom stereocenters. The minimum absolute atomic E-state index is 0.732. The summed E-state index contributed by atoms with van der Waals surface area (Å²) in [4.78, 5) is 20.3. The highest BCUT2D eigenvalue weighted by atomic mass is 16.5. The van der Waals surface area contributed by atoms with E-state index in [0.29, 0.717) is 0 Å². The fourth-order valence-corrected chi connectivity index (χ4v) is 4.07. The molecule has 2 aliphatic rings. The van der Waals surface area contributed by atoms with E-state index in [1.165, 1.54) is 5.69 Å². The van der Waals surface area contributed by atoms with E-state index in [4.69, 9.17) is 14.7 Å². The molecule has 0 amide bonds. The van der Waals surface area contributed by atoms with E-state index in [9.17, 15) is 0 Å². The molecule has 0 bridgehead atoms. The summed E-state index contributed by atoms with van der Waals surface area (Å²) < 4.78 is 5.49. The van der Waals surface area contributed by atoms with Crippen LogP contribution in [-0.4, -0.2) is 67.4 Å². The van der Waals surface area contributed by atoms with Gasteiger partial charge in [-0.15, -0.1) is 0 Å². The van der Waals surface area contributed by atoms with Gasteiger partial charge in [-0.2, -0.15) is 9.97 Å². The molecule has 2 aliphatic heterocycles. The fraction of sp³-hybridized carbons (Fsp3) is 0.429. The van der Waals surface area contributed by atoms with E-state index in [1.54, 1.807) is 0 Å². The molecule has 2 saturated heterocycles. The Kier molecular flexibility index (Phi) is 4.52. The number of hydrogen-bond donors (Lipinski definition) is 1. The molecule has 7 heteroatoms. The molecular formula is C21H26N6O. The molecule has 0 spiro atoms. The lowest BCUT2D eigenvalue weighted by molar-refractivity contribution is 0.122. The molecule has 2 aromatic heterocycles. The van der Waals surface area contributed by atoms with Gasteiger partial charge in [-0.05, 0) is 25.1 Å². The number of aryl methyl sites for hydroxylation is 1. The van der Waals surface area contributed by atoms with Crippen molar-refractivity contribution < 1.29 is 4.74 Å². The molecule has 1 aromatic carbocycles.